The molecule has 12 heteroatoms. The zero-order valence-electron chi connectivity index (χ0n) is 24.9. The second-order valence-corrected chi connectivity index (χ2v) is 10.1. The maximum Gasteiger partial charge on any atom is 0.249 e. The molecule has 2 amide bonds. The summed E-state index contributed by atoms with van der Waals surface area (Å²) in [6, 6.07) is 24.1. The van der Waals surface area contributed by atoms with E-state index in [-0.39, 0.29) is 19.9 Å². The van der Waals surface area contributed by atoms with Crippen molar-refractivity contribution >= 4 is 28.5 Å². The molecule has 1 aliphatic heterocycles. The van der Waals surface area contributed by atoms with E-state index >= 15 is 0 Å². The lowest BCUT2D eigenvalue weighted by Gasteiger charge is -2.32. The number of nitrogens with zero attached hydrogens (tertiary/aromatic N) is 4. The van der Waals surface area contributed by atoms with Crippen LogP contribution in [0, 0.1) is 0 Å². The minimum atomic E-state index is -1.19. The summed E-state index contributed by atoms with van der Waals surface area (Å²) < 4.78 is 29.4. The number of anilines is 1. The smallest absolute Gasteiger partial charge is 0.249 e. The van der Waals surface area contributed by atoms with Gasteiger partial charge in [0.1, 0.15) is 18.1 Å². The van der Waals surface area contributed by atoms with E-state index in [1.807, 2.05) is 54.6 Å². The topological polar surface area (TPSA) is 126 Å². The van der Waals surface area contributed by atoms with Gasteiger partial charge >= 0.3 is 0 Å². The zero-order chi connectivity index (χ0) is 31.3. The Bertz CT molecular complexity index is 1820. The lowest BCUT2D eigenvalue weighted by Crippen LogP contribution is -2.45. The third-order valence-corrected chi connectivity index (χ3v) is 7.43. The Hall–Kier alpha value is -5.78. The number of hydrogen-bond acceptors (Lipinski definition) is 9. The Kier molecular flexibility index (Phi) is 8.36. The molecule has 0 spiro atoms. The Morgan fingerprint density at radius 2 is 1.60 bits per heavy atom. The van der Waals surface area contributed by atoms with Gasteiger partial charge in [0.25, 0.3) is 0 Å². The Morgan fingerprint density at radius 3 is 2.33 bits per heavy atom. The van der Waals surface area contributed by atoms with E-state index in [1.54, 1.807) is 30.3 Å². The summed E-state index contributed by atoms with van der Waals surface area (Å²) in [6.45, 7) is 0.0743. The molecule has 230 valence electrons. The highest BCUT2D eigenvalue weighted by Crippen LogP contribution is 2.43. The number of hydrogen-bond donors (Lipinski definition) is 1. The number of methoxy groups -OCH3 is 3. The number of benzene rings is 4. The quantitative estimate of drug-likeness (QED) is 0.234. The van der Waals surface area contributed by atoms with Crippen LogP contribution in [0.15, 0.2) is 84.9 Å². The molecule has 6 rings (SSSR count). The molecule has 0 radical (unpaired) electrons. The van der Waals surface area contributed by atoms with E-state index in [9.17, 15) is 9.59 Å². The first-order valence-corrected chi connectivity index (χ1v) is 14.1. The van der Waals surface area contributed by atoms with Gasteiger partial charge in [0, 0.05) is 18.3 Å². The molecule has 1 N–H and O–H groups in total. The van der Waals surface area contributed by atoms with E-state index in [1.165, 1.54) is 30.9 Å². The van der Waals surface area contributed by atoms with E-state index in [4.69, 9.17) is 23.7 Å². The average Bonchev–Trinajstić information content (AvgIpc) is 3.72. The largest absolute Gasteiger partial charge is 0.493 e. The number of carbonyl (C=O) groups is 2. The summed E-state index contributed by atoms with van der Waals surface area (Å²) in [4.78, 5) is 30.2. The van der Waals surface area contributed by atoms with Gasteiger partial charge in [0.15, 0.2) is 23.0 Å². The van der Waals surface area contributed by atoms with Crippen molar-refractivity contribution in [3.8, 4) is 28.7 Å². The maximum absolute atomic E-state index is 14.5. The molecule has 12 nitrogen and oxygen atoms in total. The van der Waals surface area contributed by atoms with Crippen LogP contribution in [-0.2, 0) is 22.7 Å². The molecule has 4 aromatic carbocycles. The molecular weight excluding hydrogens is 578 g/mol. The predicted octanol–water partition coefficient (Wildman–Crippen LogP) is 4.28. The Balaban J connectivity index is 1.49. The second kappa shape index (κ2) is 12.8. The molecule has 1 aliphatic rings. The summed E-state index contributed by atoms with van der Waals surface area (Å²) >= 11 is 0. The van der Waals surface area contributed by atoms with Crippen LogP contribution < -0.4 is 33.9 Å². The van der Waals surface area contributed by atoms with Gasteiger partial charge in [0.2, 0.25) is 24.4 Å². The SMILES string of the molecule is COc1cc(C(C(=O)NCc2ccccc2)N(C(=O)Cn2nnc3ccccc32)c2ccc3c(c2)OCO3)cc(OC)c1OC. The molecule has 5 aromatic rings. The number of carbonyl (C=O) groups excluding carboxylic acids is 2. The highest BCUT2D eigenvalue weighted by atomic mass is 16.7. The van der Waals surface area contributed by atoms with Crippen LogP contribution in [0.1, 0.15) is 17.2 Å². The molecule has 0 saturated heterocycles. The normalized spacial score (nSPS) is 12.4. The van der Waals surface area contributed by atoms with E-state index in [2.05, 4.69) is 15.6 Å². The lowest BCUT2D eigenvalue weighted by molar-refractivity contribution is -0.127. The van der Waals surface area contributed by atoms with Gasteiger partial charge in [-0.2, -0.15) is 0 Å². The summed E-state index contributed by atoms with van der Waals surface area (Å²) in [5.41, 5.74) is 3.03. The van der Waals surface area contributed by atoms with Crippen LogP contribution in [0.3, 0.4) is 0 Å². The van der Waals surface area contributed by atoms with Crippen LogP contribution >= 0.6 is 0 Å². The summed E-state index contributed by atoms with van der Waals surface area (Å²) in [5.74, 6) is 1.11. The number of aromatic nitrogens is 3. The Labute approximate surface area is 259 Å². The maximum atomic E-state index is 14.5. The van der Waals surface area contributed by atoms with Gasteiger partial charge in [0.05, 0.1) is 26.8 Å². The van der Waals surface area contributed by atoms with Crippen LogP contribution in [0.4, 0.5) is 5.69 Å². The van der Waals surface area contributed by atoms with Crippen molar-refractivity contribution in [2.24, 2.45) is 0 Å². The first kappa shape index (κ1) is 29.3. The van der Waals surface area contributed by atoms with Crippen LogP contribution in [0.5, 0.6) is 28.7 Å². The van der Waals surface area contributed by atoms with Crippen molar-refractivity contribution in [2.75, 3.05) is 33.0 Å². The lowest BCUT2D eigenvalue weighted by atomic mass is 10.0. The van der Waals surface area contributed by atoms with Crippen LogP contribution in [0.25, 0.3) is 11.0 Å². The summed E-state index contributed by atoms with van der Waals surface area (Å²) in [7, 11) is 4.47. The van der Waals surface area contributed by atoms with Crippen molar-refractivity contribution in [3.63, 3.8) is 0 Å². The van der Waals surface area contributed by atoms with Gasteiger partial charge in [-0.05, 0) is 47.5 Å². The van der Waals surface area contributed by atoms with E-state index in [0.717, 1.165) is 5.56 Å². The first-order valence-electron chi connectivity index (χ1n) is 14.1. The number of rotatable bonds is 11. The molecule has 1 aromatic heterocycles. The van der Waals surface area contributed by atoms with E-state index in [0.29, 0.717) is 51.0 Å². The number of fused-ring (bicyclic) bond motifs is 2. The highest BCUT2D eigenvalue weighted by molar-refractivity contribution is 6.02. The van der Waals surface area contributed by atoms with Gasteiger partial charge in [-0.3, -0.25) is 14.5 Å². The molecule has 0 saturated carbocycles. The number of ether oxygens (including phenoxy) is 5. The minimum Gasteiger partial charge on any atom is -0.493 e. The Morgan fingerprint density at radius 1 is 0.889 bits per heavy atom. The van der Waals surface area contributed by atoms with Crippen molar-refractivity contribution < 1.29 is 33.3 Å². The van der Waals surface area contributed by atoms with Crippen LogP contribution in [-0.4, -0.2) is 54.9 Å². The molecular formula is C33H31N5O7. The van der Waals surface area contributed by atoms with Crippen molar-refractivity contribution in [3.05, 3.63) is 96.1 Å². The summed E-state index contributed by atoms with van der Waals surface area (Å²) in [6.07, 6.45) is 0. The molecule has 0 aliphatic carbocycles. The molecule has 0 bridgehead atoms. The third kappa shape index (κ3) is 5.90. The fourth-order valence-corrected chi connectivity index (χ4v) is 5.27. The monoisotopic (exact) mass is 609 g/mol. The number of nitrogens with one attached hydrogen (secondary N) is 1. The molecule has 2 heterocycles. The number of para-hydroxylation sites is 1. The van der Waals surface area contributed by atoms with Gasteiger partial charge in [-0.15, -0.1) is 5.10 Å². The number of amides is 2. The first-order chi connectivity index (χ1) is 22.0. The average molecular weight is 610 g/mol. The van der Waals surface area contributed by atoms with Gasteiger partial charge in [-0.1, -0.05) is 47.7 Å². The molecule has 0 fully saturated rings. The highest BCUT2D eigenvalue weighted by Gasteiger charge is 2.35. The minimum absolute atomic E-state index is 0.0472. The fraction of sp³-hybridized carbons (Fsp3) is 0.212. The molecule has 1 atom stereocenters. The second-order valence-electron chi connectivity index (χ2n) is 10.1. The molecule has 1 unspecified atom stereocenters. The van der Waals surface area contributed by atoms with Gasteiger partial charge < -0.3 is 29.0 Å². The summed E-state index contributed by atoms with van der Waals surface area (Å²) in [5, 5.41) is 11.4. The van der Waals surface area contributed by atoms with Crippen molar-refractivity contribution in [2.45, 2.75) is 19.1 Å². The van der Waals surface area contributed by atoms with Crippen LogP contribution in [0.2, 0.25) is 0 Å². The molecule has 45 heavy (non-hydrogen) atoms. The predicted molar refractivity (Wildman–Crippen MR) is 165 cm³/mol. The van der Waals surface area contributed by atoms with Gasteiger partial charge in [-0.25, -0.2) is 4.68 Å². The van der Waals surface area contributed by atoms with Crippen molar-refractivity contribution in [1.82, 2.24) is 20.3 Å². The third-order valence-electron chi connectivity index (χ3n) is 7.43. The zero-order valence-corrected chi connectivity index (χ0v) is 24.9. The fourth-order valence-electron chi connectivity index (χ4n) is 5.27. The van der Waals surface area contributed by atoms with Crippen molar-refractivity contribution in [1.29, 1.82) is 0 Å². The standard InChI is InChI=1S/C33H31N5O7/c1-41-28-15-22(16-29(42-2)32(28)43-3)31(33(40)34-18-21-9-5-4-6-10-21)38(23-13-14-26-27(17-23)45-20-44-26)30(39)19-37-25-12-8-7-11-24(25)35-36-37/h4-17,31H,18-20H2,1-3H3,(H,34,40). The van der Waals surface area contributed by atoms with E-state index < -0.39 is 17.9 Å².